The van der Waals surface area contributed by atoms with Crippen LogP contribution in [0, 0.1) is 24.0 Å². The Bertz CT molecular complexity index is 900. The molecule has 136 valence electrons. The normalized spacial score (nSPS) is 10.3. The third-order valence-electron chi connectivity index (χ3n) is 3.67. The molecule has 0 saturated heterocycles. The average Bonchev–Trinajstić information content (AvgIpc) is 2.87. The molecule has 1 aromatic carbocycles. The van der Waals surface area contributed by atoms with Crippen LogP contribution in [0.15, 0.2) is 24.3 Å². The molecule has 1 amide bonds. The number of aromatic amines is 1. The van der Waals surface area contributed by atoms with E-state index in [0.717, 1.165) is 0 Å². The van der Waals surface area contributed by atoms with E-state index in [1.165, 1.54) is 31.2 Å². The van der Waals surface area contributed by atoms with Crippen LogP contribution < -0.4 is 5.32 Å². The monoisotopic (exact) mass is 359 g/mol. The molecule has 0 radical (unpaired) electrons. The fourth-order valence-corrected chi connectivity index (χ4v) is 2.58. The van der Waals surface area contributed by atoms with Crippen LogP contribution in [-0.2, 0) is 9.53 Å². The van der Waals surface area contributed by atoms with Crippen molar-refractivity contribution in [3.8, 4) is 0 Å². The van der Waals surface area contributed by atoms with Gasteiger partial charge in [-0.05, 0) is 32.4 Å². The number of carbonyl (C=O) groups excluding carboxylic acids is 3. The Morgan fingerprint density at radius 2 is 1.96 bits per heavy atom. The van der Waals surface area contributed by atoms with Crippen molar-refractivity contribution in [3.63, 3.8) is 0 Å². The van der Waals surface area contributed by atoms with Crippen molar-refractivity contribution in [2.24, 2.45) is 0 Å². The zero-order valence-corrected chi connectivity index (χ0v) is 14.4. The Morgan fingerprint density at radius 3 is 2.54 bits per heavy atom. The van der Waals surface area contributed by atoms with Gasteiger partial charge in [-0.2, -0.15) is 0 Å². The van der Waals surface area contributed by atoms with Crippen molar-refractivity contribution < 1.29 is 24.0 Å². The van der Waals surface area contributed by atoms with Gasteiger partial charge in [-0.1, -0.05) is 6.07 Å². The van der Waals surface area contributed by atoms with E-state index < -0.39 is 23.4 Å². The first-order chi connectivity index (χ1) is 12.2. The van der Waals surface area contributed by atoms with Gasteiger partial charge in [0, 0.05) is 29.1 Å². The predicted molar refractivity (Wildman–Crippen MR) is 92.3 cm³/mol. The summed E-state index contributed by atoms with van der Waals surface area (Å²) in [6, 6.07) is 5.38. The van der Waals surface area contributed by atoms with E-state index in [-0.39, 0.29) is 22.9 Å². The maximum Gasteiger partial charge on any atom is 0.355 e. The second kappa shape index (κ2) is 7.60. The molecule has 0 aliphatic carbocycles. The van der Waals surface area contributed by atoms with Crippen LogP contribution in [0.5, 0.6) is 0 Å². The van der Waals surface area contributed by atoms with Gasteiger partial charge in [0.2, 0.25) is 0 Å². The number of hydrogen-bond acceptors (Lipinski definition) is 6. The topological polar surface area (TPSA) is 131 Å². The molecule has 0 saturated carbocycles. The number of ketones is 1. The highest BCUT2D eigenvalue weighted by atomic mass is 16.6. The molecule has 26 heavy (non-hydrogen) atoms. The summed E-state index contributed by atoms with van der Waals surface area (Å²) in [5.41, 5.74) is 1.57. The number of nitro groups is 1. The van der Waals surface area contributed by atoms with Crippen LogP contribution in [0.1, 0.15) is 39.0 Å². The summed E-state index contributed by atoms with van der Waals surface area (Å²) < 4.78 is 4.94. The van der Waals surface area contributed by atoms with Crippen LogP contribution in [0.2, 0.25) is 0 Å². The Kier molecular flexibility index (Phi) is 5.51. The molecular weight excluding hydrogens is 342 g/mol. The SMILES string of the molecule is CC(=O)c1c(C)[nH]c(C(=O)OCC(=O)Nc2cccc([N+](=O)[O-])c2)c1C. The molecule has 2 aromatic rings. The number of benzene rings is 1. The summed E-state index contributed by atoms with van der Waals surface area (Å²) in [5.74, 6) is -1.60. The smallest absolute Gasteiger partial charge is 0.355 e. The Labute approximate surface area is 148 Å². The van der Waals surface area contributed by atoms with Gasteiger partial charge >= 0.3 is 5.97 Å². The van der Waals surface area contributed by atoms with Crippen LogP contribution >= 0.6 is 0 Å². The van der Waals surface area contributed by atoms with Gasteiger partial charge in [-0.3, -0.25) is 19.7 Å². The van der Waals surface area contributed by atoms with E-state index in [1.54, 1.807) is 13.8 Å². The molecule has 2 N–H and O–H groups in total. The van der Waals surface area contributed by atoms with E-state index in [9.17, 15) is 24.5 Å². The average molecular weight is 359 g/mol. The quantitative estimate of drug-likeness (QED) is 0.353. The number of nitrogens with zero attached hydrogens (tertiary/aromatic N) is 1. The van der Waals surface area contributed by atoms with E-state index in [2.05, 4.69) is 10.3 Å². The Hall–Kier alpha value is -3.49. The number of aryl methyl sites for hydroxylation is 1. The minimum absolute atomic E-state index is 0.107. The lowest BCUT2D eigenvalue weighted by molar-refractivity contribution is -0.384. The largest absolute Gasteiger partial charge is 0.451 e. The zero-order chi connectivity index (χ0) is 19.4. The molecule has 0 bridgehead atoms. The molecule has 2 rings (SSSR count). The number of aromatic nitrogens is 1. The second-order valence-corrected chi connectivity index (χ2v) is 5.61. The number of non-ortho nitro benzene ring substituents is 1. The van der Waals surface area contributed by atoms with Crippen molar-refractivity contribution in [1.29, 1.82) is 0 Å². The number of rotatable bonds is 6. The molecule has 0 aliphatic rings. The highest BCUT2D eigenvalue weighted by Crippen LogP contribution is 2.19. The van der Waals surface area contributed by atoms with Crippen molar-refractivity contribution >= 4 is 29.0 Å². The molecule has 9 nitrogen and oxygen atoms in total. The van der Waals surface area contributed by atoms with Gasteiger partial charge in [0.25, 0.3) is 11.6 Å². The Balaban J connectivity index is 2.00. The first-order valence-electron chi connectivity index (χ1n) is 7.62. The van der Waals surface area contributed by atoms with Crippen LogP contribution in [-0.4, -0.2) is 34.2 Å². The van der Waals surface area contributed by atoms with Crippen molar-refractivity contribution in [1.82, 2.24) is 4.98 Å². The van der Waals surface area contributed by atoms with E-state index >= 15 is 0 Å². The number of anilines is 1. The van der Waals surface area contributed by atoms with E-state index in [0.29, 0.717) is 16.8 Å². The molecular formula is C17H17N3O6. The fraction of sp³-hybridized carbons (Fsp3) is 0.235. The number of H-pyrrole nitrogens is 1. The van der Waals surface area contributed by atoms with E-state index in [1.807, 2.05) is 0 Å². The maximum atomic E-state index is 12.1. The number of esters is 1. The first kappa shape index (κ1) is 18.8. The molecule has 0 spiro atoms. The van der Waals surface area contributed by atoms with Crippen LogP contribution in [0.4, 0.5) is 11.4 Å². The maximum absolute atomic E-state index is 12.1. The summed E-state index contributed by atoms with van der Waals surface area (Å²) in [6.45, 7) is 4.09. The first-order valence-corrected chi connectivity index (χ1v) is 7.62. The summed E-state index contributed by atoms with van der Waals surface area (Å²) >= 11 is 0. The molecule has 1 aromatic heterocycles. The van der Waals surface area contributed by atoms with Crippen molar-refractivity contribution in [3.05, 3.63) is 56.9 Å². The highest BCUT2D eigenvalue weighted by molar-refractivity contribution is 6.01. The van der Waals surface area contributed by atoms with Gasteiger partial charge in [0.1, 0.15) is 5.69 Å². The second-order valence-electron chi connectivity index (χ2n) is 5.61. The number of carbonyl (C=O) groups is 3. The Morgan fingerprint density at radius 1 is 1.27 bits per heavy atom. The number of hydrogen-bond donors (Lipinski definition) is 2. The standard InChI is InChI=1S/C17H17N3O6/c1-9-15(11(3)21)10(2)18-16(9)17(23)26-8-14(22)19-12-5-4-6-13(7-12)20(24)25/h4-7,18H,8H2,1-3H3,(H,19,22). The molecule has 9 heteroatoms. The van der Waals surface area contributed by atoms with Gasteiger partial charge in [-0.15, -0.1) is 0 Å². The zero-order valence-electron chi connectivity index (χ0n) is 14.4. The number of nitro benzene ring substituents is 1. The van der Waals surface area contributed by atoms with Crippen molar-refractivity contribution in [2.45, 2.75) is 20.8 Å². The fourth-order valence-electron chi connectivity index (χ4n) is 2.58. The third-order valence-corrected chi connectivity index (χ3v) is 3.67. The number of amides is 1. The molecule has 0 unspecified atom stereocenters. The number of ether oxygens (including phenoxy) is 1. The van der Waals surface area contributed by atoms with Crippen LogP contribution in [0.25, 0.3) is 0 Å². The minimum atomic E-state index is -0.771. The van der Waals surface area contributed by atoms with Gasteiger partial charge in [0.15, 0.2) is 12.4 Å². The van der Waals surface area contributed by atoms with Crippen molar-refractivity contribution in [2.75, 3.05) is 11.9 Å². The summed E-state index contributed by atoms with van der Waals surface area (Å²) in [7, 11) is 0. The summed E-state index contributed by atoms with van der Waals surface area (Å²) in [5, 5.41) is 13.1. The summed E-state index contributed by atoms with van der Waals surface area (Å²) in [4.78, 5) is 48.5. The lowest BCUT2D eigenvalue weighted by atomic mass is 10.1. The molecule has 0 fully saturated rings. The lowest BCUT2D eigenvalue weighted by Gasteiger charge is -2.06. The number of Topliss-reactive ketones (excluding diaryl/α,β-unsaturated/α-hetero) is 1. The third kappa shape index (κ3) is 4.12. The number of nitrogens with one attached hydrogen (secondary N) is 2. The van der Waals surface area contributed by atoms with Crippen LogP contribution in [0.3, 0.4) is 0 Å². The van der Waals surface area contributed by atoms with E-state index in [4.69, 9.17) is 4.74 Å². The minimum Gasteiger partial charge on any atom is -0.451 e. The molecule has 1 heterocycles. The van der Waals surface area contributed by atoms with Gasteiger partial charge < -0.3 is 15.0 Å². The van der Waals surface area contributed by atoms with Gasteiger partial charge in [-0.25, -0.2) is 4.79 Å². The highest BCUT2D eigenvalue weighted by Gasteiger charge is 2.21. The molecule has 0 atom stereocenters. The lowest BCUT2D eigenvalue weighted by Crippen LogP contribution is -2.21. The molecule has 0 aliphatic heterocycles. The predicted octanol–water partition coefficient (Wildman–Crippen LogP) is 2.54. The summed E-state index contributed by atoms with van der Waals surface area (Å²) in [6.07, 6.45) is 0. The van der Waals surface area contributed by atoms with Gasteiger partial charge in [0.05, 0.1) is 4.92 Å².